The van der Waals surface area contributed by atoms with Crippen molar-refractivity contribution >= 4 is 51.4 Å². The van der Waals surface area contributed by atoms with Crippen LogP contribution in [0.25, 0.3) is 10.9 Å². The summed E-state index contributed by atoms with van der Waals surface area (Å²) >= 11 is 12.0. The molecule has 36 heavy (non-hydrogen) atoms. The average Bonchev–Trinajstić information content (AvgIpc) is 3.46. The zero-order valence-electron chi connectivity index (χ0n) is 20.8. The lowest BCUT2D eigenvalue weighted by molar-refractivity contribution is 0.0590. The van der Waals surface area contributed by atoms with Gasteiger partial charge < -0.3 is 29.2 Å². The van der Waals surface area contributed by atoms with Gasteiger partial charge in [0.15, 0.2) is 5.11 Å². The Morgan fingerprint density at radius 2 is 1.67 bits per heavy atom. The highest BCUT2D eigenvalue weighted by Gasteiger charge is 2.42. The quantitative estimate of drug-likeness (QED) is 0.473. The largest absolute Gasteiger partial charge is 0.495 e. The number of likely N-dealkylation sites (tertiary alicyclic amines) is 2. The van der Waals surface area contributed by atoms with Crippen molar-refractivity contribution < 1.29 is 14.3 Å². The number of benzene rings is 2. The molecule has 0 bridgehead atoms. The third kappa shape index (κ3) is 4.48. The Hall–Kier alpha value is -2.97. The van der Waals surface area contributed by atoms with Gasteiger partial charge in [-0.05, 0) is 49.0 Å². The summed E-state index contributed by atoms with van der Waals surface area (Å²) in [7, 11) is 5.15. The van der Waals surface area contributed by atoms with Crippen molar-refractivity contribution in [3.05, 3.63) is 53.2 Å². The summed E-state index contributed by atoms with van der Waals surface area (Å²) in [4.78, 5) is 17.6. The molecule has 2 fully saturated rings. The molecule has 2 saturated heterocycles. The number of hydrogen-bond acceptors (Lipinski definition) is 4. The number of aromatic nitrogens is 1. The van der Waals surface area contributed by atoms with Gasteiger partial charge in [-0.1, -0.05) is 29.8 Å². The van der Waals surface area contributed by atoms with Gasteiger partial charge in [-0.3, -0.25) is 4.79 Å². The SMILES string of the molecule is COc1cc(NC(=S)N2CCC3(CCN(C(=O)c4cc5ccccc5n4C)CC3)C2)c(OC)cc1Cl. The number of methoxy groups -OCH3 is 2. The van der Waals surface area contributed by atoms with E-state index < -0.39 is 0 Å². The molecule has 0 radical (unpaired) electrons. The van der Waals surface area contributed by atoms with E-state index in [4.69, 9.17) is 33.3 Å². The minimum atomic E-state index is 0.111. The fourth-order valence-corrected chi connectivity index (χ4v) is 6.01. The Morgan fingerprint density at radius 1 is 1.00 bits per heavy atom. The number of aryl methyl sites for hydroxylation is 1. The minimum absolute atomic E-state index is 0.111. The van der Waals surface area contributed by atoms with Crippen LogP contribution in [-0.4, -0.2) is 65.8 Å². The Morgan fingerprint density at radius 3 is 2.33 bits per heavy atom. The number of nitrogens with zero attached hydrogens (tertiary/aromatic N) is 3. The number of halogens is 1. The van der Waals surface area contributed by atoms with E-state index in [0.29, 0.717) is 21.6 Å². The molecule has 0 unspecified atom stereocenters. The van der Waals surface area contributed by atoms with Gasteiger partial charge in [0.1, 0.15) is 17.2 Å². The topological polar surface area (TPSA) is 59.0 Å². The maximum absolute atomic E-state index is 13.3. The van der Waals surface area contributed by atoms with Gasteiger partial charge in [-0.2, -0.15) is 0 Å². The van der Waals surface area contributed by atoms with Gasteiger partial charge in [0, 0.05) is 56.3 Å². The average molecular weight is 527 g/mol. The van der Waals surface area contributed by atoms with E-state index in [1.54, 1.807) is 26.4 Å². The van der Waals surface area contributed by atoms with Crippen LogP contribution in [0.15, 0.2) is 42.5 Å². The van der Waals surface area contributed by atoms with E-state index in [-0.39, 0.29) is 11.3 Å². The van der Waals surface area contributed by atoms with E-state index in [1.807, 2.05) is 34.7 Å². The first-order valence-corrected chi connectivity index (χ1v) is 12.9. The van der Waals surface area contributed by atoms with Crippen LogP contribution in [0.5, 0.6) is 11.5 Å². The van der Waals surface area contributed by atoms with Gasteiger partial charge in [0.05, 0.1) is 24.9 Å². The molecule has 7 nitrogen and oxygen atoms in total. The van der Waals surface area contributed by atoms with Crippen LogP contribution in [0.4, 0.5) is 5.69 Å². The van der Waals surface area contributed by atoms with Crippen molar-refractivity contribution in [3.63, 3.8) is 0 Å². The molecule has 0 saturated carbocycles. The van der Waals surface area contributed by atoms with Crippen molar-refractivity contribution in [2.45, 2.75) is 19.3 Å². The van der Waals surface area contributed by atoms with Crippen molar-refractivity contribution in [2.75, 3.05) is 45.7 Å². The molecule has 1 N–H and O–H groups in total. The standard InChI is InChI=1S/C27H31ClN4O3S/c1-30-21-7-5-4-6-18(21)14-22(30)25(33)31-11-8-27(9-12-31)10-13-32(17-27)26(36)29-20-16-23(34-2)19(28)15-24(20)35-3/h4-7,14-16H,8-13,17H2,1-3H3,(H,29,36). The monoisotopic (exact) mass is 526 g/mol. The summed E-state index contributed by atoms with van der Waals surface area (Å²) in [5, 5.41) is 5.56. The molecule has 5 rings (SSSR count). The highest BCUT2D eigenvalue weighted by atomic mass is 35.5. The number of fused-ring (bicyclic) bond motifs is 1. The van der Waals surface area contributed by atoms with Crippen LogP contribution < -0.4 is 14.8 Å². The lowest BCUT2D eigenvalue weighted by Crippen LogP contribution is -2.45. The predicted molar refractivity (Wildman–Crippen MR) is 147 cm³/mol. The summed E-state index contributed by atoms with van der Waals surface area (Å²) < 4.78 is 12.8. The Kier molecular flexibility index (Phi) is 6.74. The van der Waals surface area contributed by atoms with Crippen LogP contribution in [0.3, 0.4) is 0 Å². The summed E-state index contributed by atoms with van der Waals surface area (Å²) in [6.45, 7) is 3.28. The molecular weight excluding hydrogens is 496 g/mol. The lowest BCUT2D eigenvalue weighted by atomic mass is 9.77. The fraction of sp³-hybridized carbons (Fsp3) is 0.407. The van der Waals surface area contributed by atoms with Gasteiger partial charge in [-0.15, -0.1) is 0 Å². The number of amides is 1. The van der Waals surface area contributed by atoms with Gasteiger partial charge in [0.2, 0.25) is 0 Å². The number of piperidine rings is 1. The first kappa shape index (κ1) is 24.7. The molecule has 0 aliphatic carbocycles. The fourth-order valence-electron chi connectivity index (χ4n) is 5.51. The lowest BCUT2D eigenvalue weighted by Gasteiger charge is -2.39. The number of nitrogens with one attached hydrogen (secondary N) is 1. The molecule has 190 valence electrons. The molecule has 3 aromatic rings. The molecule has 2 aliphatic rings. The molecule has 0 atom stereocenters. The highest BCUT2D eigenvalue weighted by Crippen LogP contribution is 2.42. The van der Waals surface area contributed by atoms with Gasteiger partial charge >= 0.3 is 0 Å². The number of carbonyl (C=O) groups excluding carboxylic acids is 1. The number of ether oxygens (including phenoxy) is 2. The number of thiocarbonyl (C=S) groups is 1. The van der Waals surface area contributed by atoms with E-state index in [9.17, 15) is 4.79 Å². The molecule has 1 amide bonds. The Bertz CT molecular complexity index is 1320. The molecule has 9 heteroatoms. The Labute approximate surface area is 221 Å². The first-order chi connectivity index (χ1) is 17.3. The number of hydrogen-bond donors (Lipinski definition) is 1. The summed E-state index contributed by atoms with van der Waals surface area (Å²) in [6, 6.07) is 13.6. The molecule has 1 spiro atoms. The highest BCUT2D eigenvalue weighted by molar-refractivity contribution is 7.80. The van der Waals surface area contributed by atoms with Crippen LogP contribution in [0.1, 0.15) is 29.8 Å². The third-order valence-corrected chi connectivity index (χ3v) is 8.38. The molecule has 1 aromatic heterocycles. The van der Waals surface area contributed by atoms with Crippen molar-refractivity contribution in [1.82, 2.24) is 14.4 Å². The maximum Gasteiger partial charge on any atom is 0.270 e. The van der Waals surface area contributed by atoms with E-state index in [0.717, 1.165) is 67.7 Å². The second-order valence-electron chi connectivity index (χ2n) is 9.73. The number of carbonyl (C=O) groups is 1. The number of rotatable bonds is 4. The number of anilines is 1. The van der Waals surface area contributed by atoms with E-state index in [1.165, 1.54) is 0 Å². The molecule has 3 heterocycles. The van der Waals surface area contributed by atoms with Crippen LogP contribution in [-0.2, 0) is 7.05 Å². The van der Waals surface area contributed by atoms with Crippen molar-refractivity contribution in [1.29, 1.82) is 0 Å². The number of para-hydroxylation sites is 1. The smallest absolute Gasteiger partial charge is 0.270 e. The van der Waals surface area contributed by atoms with Crippen molar-refractivity contribution in [3.8, 4) is 11.5 Å². The van der Waals surface area contributed by atoms with Crippen molar-refractivity contribution in [2.24, 2.45) is 12.5 Å². The molecule has 2 aromatic carbocycles. The second kappa shape index (κ2) is 9.82. The normalized spacial score (nSPS) is 17.0. The third-order valence-electron chi connectivity index (χ3n) is 7.72. The maximum atomic E-state index is 13.3. The molecular formula is C27H31ClN4O3S. The second-order valence-corrected chi connectivity index (χ2v) is 10.5. The van der Waals surface area contributed by atoms with Gasteiger partial charge in [-0.25, -0.2) is 0 Å². The van der Waals surface area contributed by atoms with E-state index >= 15 is 0 Å². The Balaban J connectivity index is 1.22. The predicted octanol–water partition coefficient (Wildman–Crippen LogP) is 5.17. The zero-order chi connectivity index (χ0) is 25.4. The minimum Gasteiger partial charge on any atom is -0.495 e. The van der Waals surface area contributed by atoms with Crippen LogP contribution in [0.2, 0.25) is 5.02 Å². The van der Waals surface area contributed by atoms with Gasteiger partial charge in [0.25, 0.3) is 5.91 Å². The van der Waals surface area contributed by atoms with Crippen LogP contribution >= 0.6 is 23.8 Å². The van der Waals surface area contributed by atoms with E-state index in [2.05, 4.69) is 22.3 Å². The zero-order valence-corrected chi connectivity index (χ0v) is 22.4. The summed E-state index contributed by atoms with van der Waals surface area (Å²) in [5.74, 6) is 1.28. The first-order valence-electron chi connectivity index (χ1n) is 12.2. The summed E-state index contributed by atoms with van der Waals surface area (Å²) in [5.41, 5.74) is 2.72. The van der Waals surface area contributed by atoms with Crippen LogP contribution in [0, 0.1) is 5.41 Å². The summed E-state index contributed by atoms with van der Waals surface area (Å²) in [6.07, 6.45) is 3.01. The molecule has 2 aliphatic heterocycles.